The molecule has 0 saturated heterocycles. The van der Waals surface area contributed by atoms with Crippen LogP contribution in [0.15, 0.2) is 24.3 Å². The summed E-state index contributed by atoms with van der Waals surface area (Å²) in [4.78, 5) is 26.6. The largest absolute Gasteiger partial charge is 0.481 e. The number of anilines is 1. The molecular weight excluding hydrogens is 268 g/mol. The molecule has 5 heteroatoms. The lowest BCUT2D eigenvalue weighted by Gasteiger charge is -2.38. The highest BCUT2D eigenvalue weighted by molar-refractivity contribution is 5.92. The zero-order valence-corrected chi connectivity index (χ0v) is 13.4. The highest BCUT2D eigenvalue weighted by Gasteiger charge is 2.29. The Morgan fingerprint density at radius 3 is 2.33 bits per heavy atom. The minimum absolute atomic E-state index is 0.0648. The molecule has 1 aromatic rings. The van der Waals surface area contributed by atoms with Crippen LogP contribution in [0.3, 0.4) is 0 Å². The Hall–Kier alpha value is -2.04. The SMILES string of the molecule is Cc1cccc(N(C)C(=O)N(CCC(=O)O)C(C)(C)C)c1. The molecule has 0 atom stereocenters. The number of hydrogen-bond acceptors (Lipinski definition) is 2. The number of nitrogens with zero attached hydrogens (tertiary/aromatic N) is 2. The Kier molecular flexibility index (Phi) is 5.35. The van der Waals surface area contributed by atoms with Crippen molar-refractivity contribution in [1.82, 2.24) is 4.90 Å². The van der Waals surface area contributed by atoms with Gasteiger partial charge in [0.2, 0.25) is 0 Å². The summed E-state index contributed by atoms with van der Waals surface area (Å²) in [5, 5.41) is 8.85. The van der Waals surface area contributed by atoms with Crippen molar-refractivity contribution < 1.29 is 14.7 Å². The molecule has 0 fully saturated rings. The van der Waals surface area contributed by atoms with E-state index in [2.05, 4.69) is 0 Å². The van der Waals surface area contributed by atoms with Gasteiger partial charge in [-0.1, -0.05) is 12.1 Å². The van der Waals surface area contributed by atoms with E-state index in [1.165, 1.54) is 0 Å². The first-order valence-electron chi connectivity index (χ1n) is 6.96. The molecule has 1 N–H and O–H groups in total. The maximum Gasteiger partial charge on any atom is 0.324 e. The fourth-order valence-corrected chi connectivity index (χ4v) is 2.05. The number of aryl methyl sites for hydroxylation is 1. The van der Waals surface area contributed by atoms with Crippen molar-refractivity contribution in [2.45, 2.75) is 39.7 Å². The molecular formula is C16H24N2O3. The van der Waals surface area contributed by atoms with Gasteiger partial charge in [0.25, 0.3) is 0 Å². The van der Waals surface area contributed by atoms with Crippen LogP contribution in [0.5, 0.6) is 0 Å². The van der Waals surface area contributed by atoms with E-state index in [1.54, 1.807) is 16.8 Å². The summed E-state index contributed by atoms with van der Waals surface area (Å²) >= 11 is 0. The van der Waals surface area contributed by atoms with E-state index in [9.17, 15) is 9.59 Å². The van der Waals surface area contributed by atoms with Gasteiger partial charge in [0.1, 0.15) is 0 Å². The third-order valence-electron chi connectivity index (χ3n) is 3.27. The van der Waals surface area contributed by atoms with Crippen molar-refractivity contribution in [2.24, 2.45) is 0 Å². The molecule has 21 heavy (non-hydrogen) atoms. The number of carbonyl (C=O) groups is 2. The maximum atomic E-state index is 12.7. The quantitative estimate of drug-likeness (QED) is 0.927. The summed E-state index contributed by atoms with van der Waals surface area (Å²) in [6.07, 6.45) is -0.0648. The number of hydrogen-bond donors (Lipinski definition) is 1. The maximum absolute atomic E-state index is 12.7. The van der Waals surface area contributed by atoms with Crippen molar-refractivity contribution >= 4 is 17.7 Å². The van der Waals surface area contributed by atoms with Crippen LogP contribution in [0.4, 0.5) is 10.5 Å². The van der Waals surface area contributed by atoms with Crippen LogP contribution in [0.1, 0.15) is 32.8 Å². The van der Waals surface area contributed by atoms with E-state index in [0.29, 0.717) is 0 Å². The molecule has 1 aromatic carbocycles. The van der Waals surface area contributed by atoms with E-state index < -0.39 is 11.5 Å². The van der Waals surface area contributed by atoms with Crippen molar-refractivity contribution in [3.63, 3.8) is 0 Å². The van der Waals surface area contributed by atoms with Gasteiger partial charge in [-0.3, -0.25) is 9.69 Å². The van der Waals surface area contributed by atoms with Crippen LogP contribution in [0.2, 0.25) is 0 Å². The lowest BCUT2D eigenvalue weighted by Crippen LogP contribution is -2.51. The smallest absolute Gasteiger partial charge is 0.324 e. The van der Waals surface area contributed by atoms with Gasteiger partial charge >= 0.3 is 12.0 Å². The summed E-state index contributed by atoms with van der Waals surface area (Å²) in [6, 6.07) is 7.45. The highest BCUT2D eigenvalue weighted by atomic mass is 16.4. The Bertz CT molecular complexity index is 520. The van der Waals surface area contributed by atoms with Crippen LogP contribution < -0.4 is 4.90 Å². The second kappa shape index (κ2) is 6.61. The lowest BCUT2D eigenvalue weighted by atomic mass is 10.1. The van der Waals surface area contributed by atoms with E-state index in [1.807, 2.05) is 52.0 Å². The standard InChI is InChI=1S/C16H24N2O3/c1-12-7-6-8-13(11-12)17(5)15(21)18(16(2,3)4)10-9-14(19)20/h6-8,11H,9-10H2,1-5H3,(H,19,20). The molecule has 0 heterocycles. The fourth-order valence-electron chi connectivity index (χ4n) is 2.05. The van der Waals surface area contributed by atoms with Gasteiger partial charge in [0.05, 0.1) is 6.42 Å². The molecule has 2 amide bonds. The Balaban J connectivity index is 2.96. The summed E-state index contributed by atoms with van der Waals surface area (Å²) < 4.78 is 0. The number of carboxylic acid groups (broad SMARTS) is 1. The average Bonchev–Trinajstić information content (AvgIpc) is 2.35. The first-order valence-corrected chi connectivity index (χ1v) is 6.96. The van der Waals surface area contributed by atoms with Crippen LogP contribution in [-0.4, -0.2) is 41.1 Å². The van der Waals surface area contributed by atoms with Crippen LogP contribution in [0.25, 0.3) is 0 Å². The van der Waals surface area contributed by atoms with Gasteiger partial charge in [-0.05, 0) is 45.4 Å². The average molecular weight is 292 g/mol. The minimum Gasteiger partial charge on any atom is -0.481 e. The topological polar surface area (TPSA) is 60.9 Å². The fraction of sp³-hybridized carbons (Fsp3) is 0.500. The van der Waals surface area contributed by atoms with Crippen LogP contribution in [0, 0.1) is 6.92 Å². The lowest BCUT2D eigenvalue weighted by molar-refractivity contribution is -0.137. The predicted molar refractivity (Wildman–Crippen MR) is 83.7 cm³/mol. The number of urea groups is 1. The zero-order chi connectivity index (χ0) is 16.2. The molecule has 5 nitrogen and oxygen atoms in total. The third kappa shape index (κ3) is 4.77. The van der Waals surface area contributed by atoms with Gasteiger partial charge in [-0.25, -0.2) is 4.79 Å². The molecule has 0 aliphatic carbocycles. The van der Waals surface area contributed by atoms with E-state index in [4.69, 9.17) is 5.11 Å². The molecule has 1 rings (SSSR count). The van der Waals surface area contributed by atoms with Crippen molar-refractivity contribution in [1.29, 1.82) is 0 Å². The van der Waals surface area contributed by atoms with E-state index in [-0.39, 0.29) is 19.0 Å². The van der Waals surface area contributed by atoms with Gasteiger partial charge in [-0.15, -0.1) is 0 Å². The molecule has 0 aromatic heterocycles. The highest BCUT2D eigenvalue weighted by Crippen LogP contribution is 2.21. The Morgan fingerprint density at radius 2 is 1.86 bits per heavy atom. The normalized spacial score (nSPS) is 11.1. The molecule has 0 saturated carbocycles. The van der Waals surface area contributed by atoms with Crippen molar-refractivity contribution in [3.05, 3.63) is 29.8 Å². The van der Waals surface area contributed by atoms with Crippen molar-refractivity contribution in [2.75, 3.05) is 18.5 Å². The second-order valence-electron chi connectivity index (χ2n) is 6.15. The minimum atomic E-state index is -0.907. The molecule has 0 bridgehead atoms. The Morgan fingerprint density at radius 1 is 1.24 bits per heavy atom. The summed E-state index contributed by atoms with van der Waals surface area (Å²) in [6.45, 7) is 7.85. The summed E-state index contributed by atoms with van der Waals surface area (Å²) in [7, 11) is 1.70. The number of carbonyl (C=O) groups excluding carboxylic acids is 1. The summed E-state index contributed by atoms with van der Waals surface area (Å²) in [5.74, 6) is -0.907. The molecule has 116 valence electrons. The number of carboxylic acids is 1. The molecule has 0 radical (unpaired) electrons. The molecule has 0 unspecified atom stereocenters. The molecule has 0 spiro atoms. The predicted octanol–water partition coefficient (Wildman–Crippen LogP) is 3.13. The van der Waals surface area contributed by atoms with Gasteiger partial charge in [-0.2, -0.15) is 0 Å². The molecule has 0 aliphatic heterocycles. The second-order valence-corrected chi connectivity index (χ2v) is 6.15. The van der Waals surface area contributed by atoms with E-state index in [0.717, 1.165) is 11.3 Å². The van der Waals surface area contributed by atoms with Crippen LogP contribution >= 0.6 is 0 Å². The zero-order valence-electron chi connectivity index (χ0n) is 13.4. The number of aliphatic carboxylic acids is 1. The van der Waals surface area contributed by atoms with Gasteiger partial charge in [0.15, 0.2) is 0 Å². The number of amides is 2. The summed E-state index contributed by atoms with van der Waals surface area (Å²) in [5.41, 5.74) is 1.43. The number of rotatable bonds is 4. The molecule has 0 aliphatic rings. The van der Waals surface area contributed by atoms with Gasteiger partial charge < -0.3 is 10.0 Å². The Labute approximate surface area is 126 Å². The van der Waals surface area contributed by atoms with Crippen LogP contribution in [-0.2, 0) is 4.79 Å². The van der Waals surface area contributed by atoms with Gasteiger partial charge in [0, 0.05) is 24.8 Å². The first kappa shape index (κ1) is 17.0. The van der Waals surface area contributed by atoms with E-state index >= 15 is 0 Å². The third-order valence-corrected chi connectivity index (χ3v) is 3.27. The first-order chi connectivity index (χ1) is 9.62. The van der Waals surface area contributed by atoms with Crippen molar-refractivity contribution in [3.8, 4) is 0 Å². The number of benzene rings is 1. The monoisotopic (exact) mass is 292 g/mol.